The van der Waals surface area contributed by atoms with Crippen LogP contribution in [0.4, 0.5) is 0 Å². The van der Waals surface area contributed by atoms with Crippen molar-refractivity contribution >= 4 is 17.6 Å². The number of aliphatic imine (C=N–C) groups is 1. The quantitative estimate of drug-likeness (QED) is 0.437. The Balaban J connectivity index is 1.93. The van der Waals surface area contributed by atoms with Crippen LogP contribution in [0.25, 0.3) is 0 Å². The van der Waals surface area contributed by atoms with Crippen molar-refractivity contribution in [1.82, 2.24) is 25.4 Å². The van der Waals surface area contributed by atoms with Gasteiger partial charge in [0.2, 0.25) is 0 Å². The topological polar surface area (TPSA) is 67.1 Å². The van der Waals surface area contributed by atoms with Crippen LogP contribution >= 0.6 is 11.6 Å². The van der Waals surface area contributed by atoms with Gasteiger partial charge in [0.25, 0.3) is 0 Å². The lowest BCUT2D eigenvalue weighted by molar-refractivity contribution is 0.633. The first kappa shape index (κ1) is 18.0. The standard InChI is InChI=1S/C17H23ClN6/c1-3-9-19-17(21-12-14-7-5-6-8-15(14)18)20-10-11-24-13-22-23-16(24)4-2/h3,5-8,13H,1,4,9-12H2,2H3,(H2,19,20,21). The fourth-order valence-electron chi connectivity index (χ4n) is 2.17. The summed E-state index contributed by atoms with van der Waals surface area (Å²) in [5, 5.41) is 15.3. The monoisotopic (exact) mass is 346 g/mol. The lowest BCUT2D eigenvalue weighted by Crippen LogP contribution is -2.39. The van der Waals surface area contributed by atoms with Gasteiger partial charge in [-0.1, -0.05) is 42.8 Å². The number of halogens is 1. The summed E-state index contributed by atoms with van der Waals surface area (Å²) in [7, 11) is 0. The van der Waals surface area contributed by atoms with E-state index >= 15 is 0 Å². The van der Waals surface area contributed by atoms with Gasteiger partial charge < -0.3 is 15.2 Å². The van der Waals surface area contributed by atoms with Crippen LogP contribution in [0, 0.1) is 0 Å². The third-order valence-corrected chi connectivity index (χ3v) is 3.81. The van der Waals surface area contributed by atoms with Gasteiger partial charge in [-0.25, -0.2) is 4.99 Å². The highest BCUT2D eigenvalue weighted by atomic mass is 35.5. The summed E-state index contributed by atoms with van der Waals surface area (Å²) in [6, 6.07) is 7.71. The number of aromatic nitrogens is 3. The van der Waals surface area contributed by atoms with Gasteiger partial charge in [0.15, 0.2) is 5.96 Å². The van der Waals surface area contributed by atoms with E-state index in [9.17, 15) is 0 Å². The maximum absolute atomic E-state index is 6.17. The Morgan fingerprint density at radius 2 is 2.21 bits per heavy atom. The molecular formula is C17H23ClN6. The molecule has 0 saturated carbocycles. The largest absolute Gasteiger partial charge is 0.355 e. The lowest BCUT2D eigenvalue weighted by atomic mass is 10.2. The maximum Gasteiger partial charge on any atom is 0.191 e. The summed E-state index contributed by atoms with van der Waals surface area (Å²) in [6.07, 6.45) is 4.40. The molecule has 0 aliphatic carbocycles. The van der Waals surface area contributed by atoms with Crippen LogP contribution in [0.2, 0.25) is 5.02 Å². The maximum atomic E-state index is 6.17. The number of nitrogens with one attached hydrogen (secondary N) is 2. The zero-order valence-electron chi connectivity index (χ0n) is 13.9. The van der Waals surface area contributed by atoms with Crippen molar-refractivity contribution in [3.63, 3.8) is 0 Å². The minimum Gasteiger partial charge on any atom is -0.355 e. The lowest BCUT2D eigenvalue weighted by Gasteiger charge is -2.12. The average Bonchev–Trinajstić information content (AvgIpc) is 3.05. The van der Waals surface area contributed by atoms with E-state index in [1.165, 1.54) is 0 Å². The fourth-order valence-corrected chi connectivity index (χ4v) is 2.36. The van der Waals surface area contributed by atoms with Gasteiger partial charge in [0, 0.05) is 31.1 Å². The highest BCUT2D eigenvalue weighted by molar-refractivity contribution is 6.31. The molecule has 0 amide bonds. The summed E-state index contributed by atoms with van der Waals surface area (Å²) >= 11 is 6.17. The highest BCUT2D eigenvalue weighted by Gasteiger charge is 2.03. The van der Waals surface area contributed by atoms with Crippen molar-refractivity contribution in [1.29, 1.82) is 0 Å². The molecule has 24 heavy (non-hydrogen) atoms. The van der Waals surface area contributed by atoms with Crippen LogP contribution in [0.1, 0.15) is 18.3 Å². The fraction of sp³-hybridized carbons (Fsp3) is 0.353. The SMILES string of the molecule is C=CCNC(=NCc1ccccc1Cl)NCCn1cnnc1CC. The first-order valence-electron chi connectivity index (χ1n) is 7.97. The molecule has 0 bridgehead atoms. The Bertz CT molecular complexity index is 679. The molecule has 0 aliphatic rings. The molecule has 1 aromatic heterocycles. The number of benzene rings is 1. The zero-order valence-corrected chi connectivity index (χ0v) is 14.6. The van der Waals surface area contributed by atoms with Crippen molar-refractivity contribution in [3.05, 3.63) is 59.7 Å². The molecule has 1 aromatic carbocycles. The summed E-state index contributed by atoms with van der Waals surface area (Å²) < 4.78 is 2.03. The van der Waals surface area contributed by atoms with Crippen molar-refractivity contribution in [2.24, 2.45) is 4.99 Å². The third-order valence-electron chi connectivity index (χ3n) is 3.44. The van der Waals surface area contributed by atoms with Crippen molar-refractivity contribution < 1.29 is 0 Å². The Morgan fingerprint density at radius 3 is 2.96 bits per heavy atom. The number of hydrogen-bond acceptors (Lipinski definition) is 3. The number of hydrogen-bond donors (Lipinski definition) is 2. The molecule has 0 radical (unpaired) electrons. The molecule has 0 aliphatic heterocycles. The second kappa shape index (κ2) is 9.72. The van der Waals surface area contributed by atoms with Crippen LogP contribution in [0.15, 0.2) is 48.2 Å². The third kappa shape index (κ3) is 5.38. The smallest absolute Gasteiger partial charge is 0.191 e. The van der Waals surface area contributed by atoms with Crippen LogP contribution in [0.5, 0.6) is 0 Å². The molecule has 0 saturated heterocycles. The second-order valence-electron chi connectivity index (χ2n) is 5.15. The van der Waals surface area contributed by atoms with Gasteiger partial charge in [-0.15, -0.1) is 16.8 Å². The molecule has 128 valence electrons. The Labute approximate surface area is 147 Å². The van der Waals surface area contributed by atoms with E-state index in [-0.39, 0.29) is 0 Å². The number of guanidine groups is 1. The minimum absolute atomic E-state index is 0.513. The van der Waals surface area contributed by atoms with Crippen LogP contribution in [0.3, 0.4) is 0 Å². The van der Waals surface area contributed by atoms with Crippen molar-refractivity contribution in [3.8, 4) is 0 Å². The second-order valence-corrected chi connectivity index (χ2v) is 5.55. The zero-order chi connectivity index (χ0) is 17.2. The molecule has 1 heterocycles. The Kier molecular flexibility index (Phi) is 7.29. The van der Waals surface area contributed by atoms with E-state index < -0.39 is 0 Å². The molecule has 6 nitrogen and oxygen atoms in total. The van der Waals surface area contributed by atoms with E-state index in [0.29, 0.717) is 13.1 Å². The highest BCUT2D eigenvalue weighted by Crippen LogP contribution is 2.15. The molecule has 7 heteroatoms. The molecule has 2 rings (SSSR count). The summed E-state index contributed by atoms with van der Waals surface area (Å²) in [5.74, 6) is 1.70. The number of nitrogens with zero attached hydrogens (tertiary/aromatic N) is 4. The van der Waals surface area contributed by atoms with Gasteiger partial charge in [0.05, 0.1) is 6.54 Å². The van der Waals surface area contributed by atoms with E-state index in [4.69, 9.17) is 11.6 Å². The molecular weight excluding hydrogens is 324 g/mol. The molecule has 2 N–H and O–H groups in total. The van der Waals surface area contributed by atoms with E-state index in [1.54, 1.807) is 12.4 Å². The van der Waals surface area contributed by atoms with Crippen LogP contribution in [-0.2, 0) is 19.5 Å². The average molecular weight is 347 g/mol. The predicted octanol–water partition coefficient (Wildman–Crippen LogP) is 2.42. The van der Waals surface area contributed by atoms with Gasteiger partial charge in [-0.2, -0.15) is 0 Å². The summed E-state index contributed by atoms with van der Waals surface area (Å²) in [6.45, 7) is 8.43. The van der Waals surface area contributed by atoms with Crippen molar-refractivity contribution in [2.75, 3.05) is 13.1 Å². The molecule has 0 spiro atoms. The first-order valence-corrected chi connectivity index (χ1v) is 8.35. The molecule has 0 fully saturated rings. The van der Waals surface area contributed by atoms with Gasteiger partial charge in [-0.05, 0) is 11.6 Å². The summed E-state index contributed by atoms with van der Waals surface area (Å²) in [5.41, 5.74) is 0.992. The van der Waals surface area contributed by atoms with Crippen LogP contribution < -0.4 is 10.6 Å². The molecule has 0 unspecified atom stereocenters. The van der Waals surface area contributed by atoms with Gasteiger partial charge in [0.1, 0.15) is 12.2 Å². The number of aryl methyl sites for hydroxylation is 1. The van der Waals surface area contributed by atoms with E-state index in [2.05, 4.69) is 39.3 Å². The van der Waals surface area contributed by atoms with Gasteiger partial charge >= 0.3 is 0 Å². The summed E-state index contributed by atoms with van der Waals surface area (Å²) in [4.78, 5) is 4.58. The Hall–Kier alpha value is -2.34. The van der Waals surface area contributed by atoms with Crippen molar-refractivity contribution in [2.45, 2.75) is 26.4 Å². The van der Waals surface area contributed by atoms with Crippen LogP contribution in [-0.4, -0.2) is 33.8 Å². The number of rotatable bonds is 8. The minimum atomic E-state index is 0.513. The predicted molar refractivity (Wildman–Crippen MR) is 98.2 cm³/mol. The van der Waals surface area contributed by atoms with E-state index in [1.807, 2.05) is 28.8 Å². The Morgan fingerprint density at radius 1 is 1.38 bits per heavy atom. The van der Waals surface area contributed by atoms with Gasteiger partial charge in [-0.3, -0.25) is 0 Å². The molecule has 2 aromatic rings. The van der Waals surface area contributed by atoms with E-state index in [0.717, 1.165) is 41.9 Å². The normalized spacial score (nSPS) is 11.3. The first-order chi connectivity index (χ1) is 11.7. The molecule has 0 atom stereocenters.